The van der Waals surface area contributed by atoms with Crippen molar-refractivity contribution in [3.05, 3.63) is 62.9 Å². The first kappa shape index (κ1) is 12.8. The van der Waals surface area contributed by atoms with Gasteiger partial charge in [0, 0.05) is 27.4 Å². The molecule has 0 aliphatic rings. The van der Waals surface area contributed by atoms with Crippen LogP contribution in [0.5, 0.6) is 0 Å². The molecule has 4 heteroatoms. The van der Waals surface area contributed by atoms with Crippen molar-refractivity contribution in [1.29, 1.82) is 0 Å². The van der Waals surface area contributed by atoms with E-state index in [0.717, 1.165) is 25.8 Å². The van der Waals surface area contributed by atoms with Crippen LogP contribution >= 0.6 is 27.3 Å². The van der Waals surface area contributed by atoms with Gasteiger partial charge in [0.15, 0.2) is 0 Å². The molecular formula is C15H12BrNOS. The molecule has 2 heterocycles. The van der Waals surface area contributed by atoms with Gasteiger partial charge in [-0.2, -0.15) is 0 Å². The molecular weight excluding hydrogens is 322 g/mol. The Bertz CT molecular complexity index is 705. The van der Waals surface area contributed by atoms with Crippen molar-refractivity contribution in [1.82, 2.24) is 4.98 Å². The monoisotopic (exact) mass is 333 g/mol. The number of aromatic nitrogens is 1. The number of fused-ring (bicyclic) bond motifs is 1. The Morgan fingerprint density at radius 1 is 1.21 bits per heavy atom. The first-order valence-corrected chi connectivity index (χ1v) is 7.66. The summed E-state index contributed by atoms with van der Waals surface area (Å²) in [6.45, 7) is 0. The molecule has 1 unspecified atom stereocenters. The zero-order valence-electron chi connectivity index (χ0n) is 10.1. The summed E-state index contributed by atoms with van der Waals surface area (Å²) in [5.74, 6) is 0. The molecule has 0 fully saturated rings. The van der Waals surface area contributed by atoms with Gasteiger partial charge in [0.1, 0.15) is 0 Å². The minimum absolute atomic E-state index is 0.511. The van der Waals surface area contributed by atoms with Crippen molar-refractivity contribution in [3.8, 4) is 0 Å². The number of thiophene rings is 1. The Morgan fingerprint density at radius 3 is 2.89 bits per heavy atom. The SMILES string of the molecule is OC(Cc1sccc1Br)c1cccc2ncccc12. The topological polar surface area (TPSA) is 33.1 Å². The van der Waals surface area contributed by atoms with Crippen molar-refractivity contribution < 1.29 is 5.11 Å². The molecule has 1 N–H and O–H groups in total. The smallest absolute Gasteiger partial charge is 0.0845 e. The van der Waals surface area contributed by atoms with E-state index >= 15 is 0 Å². The quantitative estimate of drug-likeness (QED) is 0.773. The second-order valence-electron chi connectivity index (χ2n) is 4.33. The van der Waals surface area contributed by atoms with Crippen LogP contribution in [0.15, 0.2) is 52.4 Å². The third-order valence-corrected chi connectivity index (χ3v) is 5.06. The summed E-state index contributed by atoms with van der Waals surface area (Å²) >= 11 is 5.16. The third kappa shape index (κ3) is 2.56. The Hall–Kier alpha value is -1.23. The van der Waals surface area contributed by atoms with E-state index in [0.29, 0.717) is 6.42 Å². The van der Waals surface area contributed by atoms with E-state index < -0.39 is 6.10 Å². The van der Waals surface area contributed by atoms with Gasteiger partial charge in [0.2, 0.25) is 0 Å². The zero-order valence-corrected chi connectivity index (χ0v) is 12.5. The van der Waals surface area contributed by atoms with Crippen molar-refractivity contribution >= 4 is 38.2 Å². The Morgan fingerprint density at radius 2 is 2.11 bits per heavy atom. The number of aliphatic hydroxyl groups is 1. The van der Waals surface area contributed by atoms with Crippen LogP contribution < -0.4 is 0 Å². The van der Waals surface area contributed by atoms with Gasteiger partial charge in [-0.1, -0.05) is 18.2 Å². The number of aliphatic hydroxyl groups excluding tert-OH is 1. The molecule has 1 atom stereocenters. The van der Waals surface area contributed by atoms with Crippen molar-refractivity contribution in [2.45, 2.75) is 12.5 Å². The Kier molecular flexibility index (Phi) is 3.64. The fourth-order valence-electron chi connectivity index (χ4n) is 2.17. The summed E-state index contributed by atoms with van der Waals surface area (Å²) in [4.78, 5) is 5.48. The van der Waals surface area contributed by atoms with Crippen LogP contribution in [0.1, 0.15) is 16.5 Å². The number of hydrogen-bond donors (Lipinski definition) is 1. The number of benzene rings is 1. The average Bonchev–Trinajstić information content (AvgIpc) is 2.83. The molecule has 3 aromatic rings. The van der Waals surface area contributed by atoms with Crippen LogP contribution in [-0.4, -0.2) is 10.1 Å². The van der Waals surface area contributed by atoms with E-state index in [4.69, 9.17) is 0 Å². The number of pyridine rings is 1. The summed E-state index contributed by atoms with van der Waals surface area (Å²) < 4.78 is 1.06. The number of nitrogens with zero attached hydrogens (tertiary/aromatic N) is 1. The van der Waals surface area contributed by atoms with Crippen LogP contribution in [0, 0.1) is 0 Å². The molecule has 0 aliphatic heterocycles. The minimum atomic E-state index is -0.511. The van der Waals surface area contributed by atoms with Crippen LogP contribution in [0.25, 0.3) is 10.9 Å². The molecule has 0 saturated carbocycles. The standard InChI is InChI=1S/C15H12BrNOS/c16-12-6-8-19-15(12)9-14(18)11-3-1-5-13-10(11)4-2-7-17-13/h1-8,14,18H,9H2. The minimum Gasteiger partial charge on any atom is -0.388 e. The van der Waals surface area contributed by atoms with Gasteiger partial charge in [0.25, 0.3) is 0 Å². The highest BCUT2D eigenvalue weighted by Gasteiger charge is 2.14. The largest absolute Gasteiger partial charge is 0.388 e. The molecule has 96 valence electrons. The molecule has 1 aromatic carbocycles. The molecule has 0 spiro atoms. The second kappa shape index (κ2) is 5.41. The lowest BCUT2D eigenvalue weighted by Crippen LogP contribution is -2.02. The highest BCUT2D eigenvalue weighted by atomic mass is 79.9. The normalized spacial score (nSPS) is 12.7. The summed E-state index contributed by atoms with van der Waals surface area (Å²) in [7, 11) is 0. The molecule has 0 amide bonds. The maximum absolute atomic E-state index is 10.5. The van der Waals surface area contributed by atoms with Gasteiger partial charge >= 0.3 is 0 Å². The number of rotatable bonds is 3. The number of halogens is 1. The highest BCUT2D eigenvalue weighted by molar-refractivity contribution is 9.10. The summed E-state index contributed by atoms with van der Waals surface area (Å²) in [6.07, 6.45) is 1.88. The molecule has 3 rings (SSSR count). The van der Waals surface area contributed by atoms with Crippen LogP contribution in [0.3, 0.4) is 0 Å². The lowest BCUT2D eigenvalue weighted by Gasteiger charge is -2.13. The fourth-order valence-corrected chi connectivity index (χ4v) is 3.73. The maximum atomic E-state index is 10.5. The molecule has 0 bridgehead atoms. The van der Waals surface area contributed by atoms with E-state index in [9.17, 15) is 5.11 Å². The second-order valence-corrected chi connectivity index (χ2v) is 6.18. The number of hydrogen-bond acceptors (Lipinski definition) is 3. The molecule has 0 saturated heterocycles. The van der Waals surface area contributed by atoms with Gasteiger partial charge in [-0.15, -0.1) is 11.3 Å². The van der Waals surface area contributed by atoms with Crippen LogP contribution in [0.2, 0.25) is 0 Å². The highest BCUT2D eigenvalue weighted by Crippen LogP contribution is 2.30. The van der Waals surface area contributed by atoms with Gasteiger partial charge in [-0.3, -0.25) is 4.98 Å². The molecule has 0 radical (unpaired) electrons. The summed E-state index contributed by atoms with van der Waals surface area (Å²) in [6, 6.07) is 11.8. The average molecular weight is 334 g/mol. The lowest BCUT2D eigenvalue weighted by molar-refractivity contribution is 0.181. The van der Waals surface area contributed by atoms with E-state index in [2.05, 4.69) is 20.9 Å². The van der Waals surface area contributed by atoms with Crippen molar-refractivity contribution in [2.75, 3.05) is 0 Å². The van der Waals surface area contributed by atoms with E-state index in [-0.39, 0.29) is 0 Å². The molecule has 2 aromatic heterocycles. The van der Waals surface area contributed by atoms with Crippen LogP contribution in [0.4, 0.5) is 0 Å². The van der Waals surface area contributed by atoms with Gasteiger partial charge in [-0.25, -0.2) is 0 Å². The van der Waals surface area contributed by atoms with Gasteiger partial charge in [-0.05, 0) is 45.1 Å². The summed E-state index contributed by atoms with van der Waals surface area (Å²) in [5.41, 5.74) is 1.86. The molecule has 0 aliphatic carbocycles. The van der Waals surface area contributed by atoms with Crippen molar-refractivity contribution in [2.24, 2.45) is 0 Å². The summed E-state index contributed by atoms with van der Waals surface area (Å²) in [5, 5.41) is 13.5. The zero-order chi connectivity index (χ0) is 13.2. The van der Waals surface area contributed by atoms with E-state index in [1.165, 1.54) is 0 Å². The maximum Gasteiger partial charge on any atom is 0.0845 e. The van der Waals surface area contributed by atoms with Gasteiger partial charge < -0.3 is 5.11 Å². The van der Waals surface area contributed by atoms with E-state index in [1.807, 2.05) is 41.8 Å². The molecule has 19 heavy (non-hydrogen) atoms. The predicted molar refractivity (Wildman–Crippen MR) is 82.4 cm³/mol. The Balaban J connectivity index is 1.98. The molecule has 2 nitrogen and oxygen atoms in total. The predicted octanol–water partition coefficient (Wildman–Crippen LogP) is 4.33. The first-order valence-electron chi connectivity index (χ1n) is 5.99. The van der Waals surface area contributed by atoms with Crippen LogP contribution in [-0.2, 0) is 6.42 Å². The first-order chi connectivity index (χ1) is 9.25. The third-order valence-electron chi connectivity index (χ3n) is 3.11. The Labute approximate surface area is 123 Å². The fraction of sp³-hybridized carbons (Fsp3) is 0.133. The lowest BCUT2D eigenvalue weighted by atomic mass is 10.0. The van der Waals surface area contributed by atoms with Crippen molar-refractivity contribution in [3.63, 3.8) is 0 Å². The van der Waals surface area contributed by atoms with Gasteiger partial charge in [0.05, 0.1) is 11.6 Å². The van der Waals surface area contributed by atoms with E-state index in [1.54, 1.807) is 17.5 Å².